The first-order valence-corrected chi connectivity index (χ1v) is 10.8. The summed E-state index contributed by atoms with van der Waals surface area (Å²) in [5.74, 6) is -3.60. The predicted molar refractivity (Wildman–Crippen MR) is 123 cm³/mol. The second-order valence-corrected chi connectivity index (χ2v) is 8.04. The third kappa shape index (κ3) is 5.93. The van der Waals surface area contributed by atoms with E-state index in [9.17, 15) is 34.3 Å². The number of hydrogen-bond acceptors (Lipinski definition) is 9. The molecule has 4 atom stereocenters. The predicted octanol–water partition coefficient (Wildman–Crippen LogP) is 0.533. The van der Waals surface area contributed by atoms with Crippen LogP contribution in [0.2, 0.25) is 0 Å². The summed E-state index contributed by atoms with van der Waals surface area (Å²) in [6.45, 7) is -0.0519. The van der Waals surface area contributed by atoms with Crippen LogP contribution in [0.25, 0.3) is 0 Å². The van der Waals surface area contributed by atoms with E-state index < -0.39 is 47.9 Å². The van der Waals surface area contributed by atoms with E-state index in [2.05, 4.69) is 10.5 Å². The van der Waals surface area contributed by atoms with Crippen LogP contribution < -0.4 is 15.8 Å². The van der Waals surface area contributed by atoms with Crippen LogP contribution in [0.1, 0.15) is 29.6 Å². The number of phenolic OH excluding ortho intramolecular Hbond substituents is 1. The topological polar surface area (TPSA) is 209 Å². The Bertz CT molecular complexity index is 1140. The maximum absolute atomic E-state index is 12.6. The fraction of sp³-hybridized carbons (Fsp3) is 0.304. The summed E-state index contributed by atoms with van der Waals surface area (Å²) in [6, 6.07) is 6.31. The first-order chi connectivity index (χ1) is 17.1. The quantitative estimate of drug-likeness (QED) is 0.202. The Morgan fingerprint density at radius 1 is 1.06 bits per heavy atom. The molecule has 0 aliphatic carbocycles. The van der Waals surface area contributed by atoms with Gasteiger partial charge in [0.1, 0.15) is 23.6 Å². The van der Waals surface area contributed by atoms with Crippen LogP contribution in [0, 0.1) is 4.91 Å². The second-order valence-electron chi connectivity index (χ2n) is 8.04. The Labute approximate surface area is 204 Å². The van der Waals surface area contributed by atoms with E-state index in [-0.39, 0.29) is 36.4 Å². The maximum Gasteiger partial charge on any atom is 0.331 e. The van der Waals surface area contributed by atoms with Crippen molar-refractivity contribution in [3.63, 3.8) is 0 Å². The van der Waals surface area contributed by atoms with Crippen molar-refractivity contribution in [2.24, 2.45) is 10.9 Å². The molecule has 1 aliphatic heterocycles. The van der Waals surface area contributed by atoms with Gasteiger partial charge in [-0.1, -0.05) is 29.4 Å². The first kappa shape index (κ1) is 26.1. The molecule has 13 nitrogen and oxygen atoms in total. The number of hydrogen-bond donors (Lipinski definition) is 5. The molecule has 0 bridgehead atoms. The van der Waals surface area contributed by atoms with E-state index in [1.807, 2.05) is 0 Å². The molecule has 1 heterocycles. The van der Waals surface area contributed by atoms with Gasteiger partial charge in [0.15, 0.2) is 12.1 Å². The lowest BCUT2D eigenvalue weighted by Gasteiger charge is -2.42. The van der Waals surface area contributed by atoms with Gasteiger partial charge >= 0.3 is 11.9 Å². The maximum atomic E-state index is 12.6. The average Bonchev–Trinajstić information content (AvgIpc) is 2.85. The minimum atomic E-state index is -1.46. The lowest BCUT2D eigenvalue weighted by Crippen LogP contribution is -2.65. The number of nitrogens with two attached hydrogens (primary N) is 1. The number of rotatable bonds is 12. The standard InChI is InChI=1S/C23H24N4O9/c24-16(22(31)32)9-10-36-15-7-3-12(4-8-15)18(26-35)20(29)25-17-11-27(21(17)30)19(23(33)34)13-1-5-14(28)6-2-13/h1-8,16-19,28H,9-11,24H2,(H,25,29)(H,31,32)(H,33,34). The molecule has 3 rings (SSSR count). The van der Waals surface area contributed by atoms with Crippen LogP contribution in [0.5, 0.6) is 11.5 Å². The van der Waals surface area contributed by atoms with Crippen molar-refractivity contribution in [3.8, 4) is 11.5 Å². The van der Waals surface area contributed by atoms with Crippen molar-refractivity contribution in [3.05, 3.63) is 64.6 Å². The van der Waals surface area contributed by atoms with E-state index in [0.717, 1.165) is 4.90 Å². The average molecular weight is 500 g/mol. The third-order valence-corrected chi connectivity index (χ3v) is 5.60. The number of amides is 2. The summed E-state index contributed by atoms with van der Waals surface area (Å²) in [6.07, 6.45) is 0.0833. The van der Waals surface area contributed by atoms with Crippen molar-refractivity contribution in [2.75, 3.05) is 13.2 Å². The number of nitroso groups, excluding NO2 is 1. The van der Waals surface area contributed by atoms with E-state index in [1.54, 1.807) is 0 Å². The molecule has 1 saturated heterocycles. The number of likely N-dealkylation sites (tertiary alicyclic amines) is 1. The monoisotopic (exact) mass is 500 g/mol. The van der Waals surface area contributed by atoms with E-state index in [0.29, 0.717) is 5.75 Å². The molecule has 6 N–H and O–H groups in total. The summed E-state index contributed by atoms with van der Waals surface area (Å²) < 4.78 is 5.39. The number of nitrogens with zero attached hydrogens (tertiary/aromatic N) is 2. The fourth-order valence-electron chi connectivity index (χ4n) is 3.59. The molecular formula is C23H24N4O9. The van der Waals surface area contributed by atoms with Gasteiger partial charge in [-0.15, -0.1) is 4.91 Å². The molecule has 0 saturated carbocycles. The number of ether oxygens (including phenoxy) is 1. The number of nitrogens with one attached hydrogen (secondary N) is 1. The summed E-state index contributed by atoms with van der Waals surface area (Å²) in [5, 5.41) is 33.0. The van der Waals surface area contributed by atoms with Crippen molar-refractivity contribution >= 4 is 23.8 Å². The highest BCUT2D eigenvalue weighted by molar-refractivity contribution is 5.96. The molecule has 36 heavy (non-hydrogen) atoms. The Hall–Kier alpha value is -4.52. The van der Waals surface area contributed by atoms with Gasteiger partial charge in [-0.2, -0.15) is 0 Å². The van der Waals surface area contributed by atoms with Gasteiger partial charge in [-0.25, -0.2) is 4.79 Å². The Morgan fingerprint density at radius 3 is 2.19 bits per heavy atom. The van der Waals surface area contributed by atoms with Crippen LogP contribution in [-0.2, 0) is 19.2 Å². The summed E-state index contributed by atoms with van der Waals surface area (Å²) in [4.78, 5) is 60.1. The van der Waals surface area contributed by atoms with Gasteiger partial charge < -0.3 is 36.0 Å². The summed E-state index contributed by atoms with van der Waals surface area (Å²) in [5.41, 5.74) is 5.91. The Kier molecular flexibility index (Phi) is 8.17. The number of carbonyl (C=O) groups is 4. The van der Waals surface area contributed by atoms with Crippen molar-refractivity contribution < 1.29 is 39.2 Å². The number of aliphatic carboxylic acids is 2. The number of phenols is 1. The summed E-state index contributed by atoms with van der Waals surface area (Å²) >= 11 is 0. The molecule has 2 aromatic carbocycles. The molecular weight excluding hydrogens is 476 g/mol. The highest BCUT2D eigenvalue weighted by Gasteiger charge is 2.45. The fourth-order valence-corrected chi connectivity index (χ4v) is 3.59. The minimum Gasteiger partial charge on any atom is -0.508 e. The number of β-lactam (4-membered cyclic amide) rings is 1. The van der Waals surface area contributed by atoms with Gasteiger partial charge in [-0.3, -0.25) is 14.4 Å². The van der Waals surface area contributed by atoms with Crippen LogP contribution in [-0.4, -0.2) is 69.2 Å². The zero-order chi connectivity index (χ0) is 26.4. The zero-order valence-corrected chi connectivity index (χ0v) is 18.8. The SMILES string of the molecule is NC(CCOc1ccc(C(N=O)C(=O)NC2CN(C(C(=O)O)c3ccc(O)cc3)C2=O)cc1)C(=O)O. The van der Waals surface area contributed by atoms with E-state index in [1.165, 1.54) is 48.5 Å². The first-order valence-electron chi connectivity index (χ1n) is 10.8. The Balaban J connectivity index is 1.58. The van der Waals surface area contributed by atoms with Gasteiger partial charge in [0, 0.05) is 6.42 Å². The van der Waals surface area contributed by atoms with Gasteiger partial charge in [0.25, 0.3) is 5.91 Å². The van der Waals surface area contributed by atoms with Crippen LogP contribution in [0.4, 0.5) is 0 Å². The van der Waals surface area contributed by atoms with E-state index in [4.69, 9.17) is 15.6 Å². The normalized spacial score (nSPS) is 17.3. The number of carbonyl (C=O) groups excluding carboxylic acids is 2. The molecule has 4 unspecified atom stereocenters. The molecule has 0 aromatic heterocycles. The number of benzene rings is 2. The van der Waals surface area contributed by atoms with Gasteiger partial charge in [0.2, 0.25) is 5.91 Å². The highest BCUT2D eigenvalue weighted by atomic mass is 16.5. The highest BCUT2D eigenvalue weighted by Crippen LogP contribution is 2.29. The molecule has 2 amide bonds. The van der Waals surface area contributed by atoms with Crippen molar-refractivity contribution in [2.45, 2.75) is 30.6 Å². The second kappa shape index (κ2) is 11.3. The number of carboxylic acids is 2. The van der Waals surface area contributed by atoms with Crippen molar-refractivity contribution in [1.29, 1.82) is 0 Å². The molecule has 13 heteroatoms. The third-order valence-electron chi connectivity index (χ3n) is 5.60. The minimum absolute atomic E-state index is 0.0461. The smallest absolute Gasteiger partial charge is 0.331 e. The van der Waals surface area contributed by atoms with Gasteiger partial charge in [0.05, 0.1) is 13.2 Å². The molecule has 190 valence electrons. The number of carboxylic acid groups (broad SMARTS) is 2. The largest absolute Gasteiger partial charge is 0.508 e. The Morgan fingerprint density at radius 2 is 1.67 bits per heavy atom. The molecule has 0 radical (unpaired) electrons. The van der Waals surface area contributed by atoms with E-state index >= 15 is 0 Å². The zero-order valence-electron chi connectivity index (χ0n) is 18.8. The lowest BCUT2D eigenvalue weighted by atomic mass is 9.97. The molecule has 0 spiro atoms. The molecule has 1 aliphatic rings. The lowest BCUT2D eigenvalue weighted by molar-refractivity contribution is -0.160. The number of aromatic hydroxyl groups is 1. The van der Waals surface area contributed by atoms with Crippen LogP contribution in [0.15, 0.2) is 53.7 Å². The molecule has 1 fully saturated rings. The van der Waals surface area contributed by atoms with Crippen molar-refractivity contribution in [1.82, 2.24) is 10.2 Å². The van der Waals surface area contributed by atoms with Gasteiger partial charge in [-0.05, 0) is 35.4 Å². The molecule has 2 aromatic rings. The summed E-state index contributed by atoms with van der Waals surface area (Å²) in [7, 11) is 0. The van der Waals surface area contributed by atoms with Crippen LogP contribution in [0.3, 0.4) is 0 Å². The van der Waals surface area contributed by atoms with Crippen LogP contribution >= 0.6 is 0 Å².